The van der Waals surface area contributed by atoms with E-state index in [0.29, 0.717) is 50.6 Å². The van der Waals surface area contributed by atoms with Crippen molar-refractivity contribution in [3.05, 3.63) is 58.7 Å². The van der Waals surface area contributed by atoms with E-state index in [9.17, 15) is 9.59 Å². The highest BCUT2D eigenvalue weighted by Gasteiger charge is 2.35. The average molecular weight is 537 g/mol. The van der Waals surface area contributed by atoms with Crippen LogP contribution in [0.3, 0.4) is 0 Å². The number of aryl methyl sites for hydroxylation is 2. The monoisotopic (exact) mass is 536 g/mol. The summed E-state index contributed by atoms with van der Waals surface area (Å²) in [5.41, 5.74) is 5.10. The first-order valence-electron chi connectivity index (χ1n) is 13.6. The van der Waals surface area contributed by atoms with Crippen molar-refractivity contribution < 1.29 is 23.8 Å². The number of rotatable bonds is 10. The Hall–Kier alpha value is -3.43. The summed E-state index contributed by atoms with van der Waals surface area (Å²) >= 11 is 0. The summed E-state index contributed by atoms with van der Waals surface area (Å²) in [6, 6.07) is 11.6. The summed E-state index contributed by atoms with van der Waals surface area (Å²) < 4.78 is 16.4. The van der Waals surface area contributed by atoms with Crippen molar-refractivity contribution in [1.29, 1.82) is 0 Å². The van der Waals surface area contributed by atoms with E-state index in [1.54, 1.807) is 24.1 Å². The number of nitrogens with zero attached hydrogens (tertiary/aromatic N) is 4. The van der Waals surface area contributed by atoms with Gasteiger partial charge < -0.3 is 19.1 Å². The van der Waals surface area contributed by atoms with Gasteiger partial charge in [-0.1, -0.05) is 25.1 Å². The molecule has 0 bridgehead atoms. The van der Waals surface area contributed by atoms with Crippen LogP contribution in [0.1, 0.15) is 48.1 Å². The van der Waals surface area contributed by atoms with Crippen molar-refractivity contribution in [2.75, 3.05) is 60.2 Å². The molecule has 2 amide bonds. The van der Waals surface area contributed by atoms with Crippen molar-refractivity contribution >= 4 is 17.5 Å². The molecule has 0 aromatic heterocycles. The number of carbonyl (C=O) groups excluding carboxylic acids is 2. The van der Waals surface area contributed by atoms with Crippen molar-refractivity contribution in [3.63, 3.8) is 0 Å². The zero-order valence-electron chi connectivity index (χ0n) is 23.7. The minimum Gasteiger partial charge on any atom is -0.493 e. The molecule has 210 valence electrons. The molecular formula is C30H40N4O5. The molecule has 2 aromatic rings. The maximum Gasteiger partial charge on any atom is 0.262 e. The summed E-state index contributed by atoms with van der Waals surface area (Å²) in [5.74, 6) is 0.958. The largest absolute Gasteiger partial charge is 0.493 e. The van der Waals surface area contributed by atoms with Gasteiger partial charge in [-0.3, -0.25) is 14.5 Å². The van der Waals surface area contributed by atoms with Crippen LogP contribution in [0.25, 0.3) is 0 Å². The molecule has 4 rings (SSSR count). The quantitative estimate of drug-likeness (QED) is 0.462. The average Bonchev–Trinajstić information content (AvgIpc) is 3.42. The molecule has 1 saturated heterocycles. The van der Waals surface area contributed by atoms with Gasteiger partial charge in [-0.15, -0.1) is 0 Å². The van der Waals surface area contributed by atoms with Gasteiger partial charge in [-0.05, 0) is 54.3 Å². The zero-order valence-corrected chi connectivity index (χ0v) is 23.7. The van der Waals surface area contributed by atoms with Gasteiger partial charge in [-0.2, -0.15) is 5.10 Å². The molecule has 2 aliphatic heterocycles. The normalized spacial score (nSPS) is 17.6. The molecule has 1 atom stereocenters. The first-order valence-corrected chi connectivity index (χ1v) is 13.6. The lowest BCUT2D eigenvalue weighted by molar-refractivity contribution is -0.141. The molecule has 0 N–H and O–H groups in total. The molecule has 1 unspecified atom stereocenters. The molecule has 2 aromatic carbocycles. The number of methoxy groups -OCH3 is 2. The molecular weight excluding hydrogens is 496 g/mol. The molecule has 2 heterocycles. The van der Waals surface area contributed by atoms with Crippen LogP contribution in [0.4, 0.5) is 0 Å². The molecule has 0 spiro atoms. The summed E-state index contributed by atoms with van der Waals surface area (Å²) in [4.78, 5) is 30.6. The van der Waals surface area contributed by atoms with Crippen molar-refractivity contribution in [3.8, 4) is 11.5 Å². The molecule has 2 aliphatic rings. The molecule has 0 aliphatic carbocycles. The maximum absolute atomic E-state index is 13.8. The summed E-state index contributed by atoms with van der Waals surface area (Å²) in [6.45, 7) is 10.2. The number of hydrogen-bond donors (Lipinski definition) is 0. The molecule has 0 saturated carbocycles. The highest BCUT2D eigenvalue weighted by Crippen LogP contribution is 2.37. The van der Waals surface area contributed by atoms with Crippen LogP contribution < -0.4 is 9.47 Å². The highest BCUT2D eigenvalue weighted by molar-refractivity contribution is 6.03. The number of amides is 2. The Kier molecular flexibility index (Phi) is 9.59. The van der Waals surface area contributed by atoms with E-state index in [1.807, 2.05) is 25.1 Å². The van der Waals surface area contributed by atoms with Crippen molar-refractivity contribution in [2.45, 2.75) is 39.7 Å². The fraction of sp³-hybridized carbons (Fsp3) is 0.500. The molecule has 9 nitrogen and oxygen atoms in total. The number of ether oxygens (including phenoxy) is 3. The SMILES string of the molecule is CCC(=O)N(CCN1CCOCC1)CC(=O)N1N=C(c2ccc(C)c(C)c2)CC1c1ccc(OC)c(OC)c1. The number of benzene rings is 2. The Bertz CT molecular complexity index is 1210. The first-order chi connectivity index (χ1) is 18.8. The van der Waals surface area contributed by atoms with Gasteiger partial charge in [0.1, 0.15) is 6.54 Å². The third-order valence-corrected chi connectivity index (χ3v) is 7.57. The number of carbonyl (C=O) groups is 2. The minimum atomic E-state index is -0.327. The number of morpholine rings is 1. The van der Waals surface area contributed by atoms with E-state index < -0.39 is 0 Å². The standard InChI is InChI=1S/C30H40N4O5/c1-6-29(35)33(12-11-32-13-15-39-16-14-32)20-30(36)34-26(24-9-10-27(37-4)28(18-24)38-5)19-25(31-34)23-8-7-21(2)22(3)17-23/h7-10,17-18,26H,6,11-16,19-20H2,1-5H3. The van der Waals surface area contributed by atoms with Crippen LogP contribution in [0, 0.1) is 13.8 Å². The zero-order chi connectivity index (χ0) is 27.9. The second-order valence-corrected chi connectivity index (χ2v) is 10.0. The maximum atomic E-state index is 13.8. The predicted molar refractivity (Wildman–Crippen MR) is 150 cm³/mol. The number of hydrogen-bond acceptors (Lipinski definition) is 7. The fourth-order valence-electron chi connectivity index (χ4n) is 4.99. The predicted octanol–water partition coefficient (Wildman–Crippen LogP) is 3.57. The van der Waals surface area contributed by atoms with E-state index in [0.717, 1.165) is 29.9 Å². The second kappa shape index (κ2) is 13.1. The smallest absolute Gasteiger partial charge is 0.262 e. The van der Waals surface area contributed by atoms with E-state index in [2.05, 4.69) is 36.9 Å². The van der Waals surface area contributed by atoms with E-state index in [1.165, 1.54) is 11.1 Å². The Morgan fingerprint density at radius 3 is 2.44 bits per heavy atom. The van der Waals surface area contributed by atoms with Crippen LogP contribution in [0.2, 0.25) is 0 Å². The Morgan fingerprint density at radius 2 is 1.77 bits per heavy atom. The topological polar surface area (TPSA) is 83.9 Å². The lowest BCUT2D eigenvalue weighted by Crippen LogP contribution is -2.46. The third-order valence-electron chi connectivity index (χ3n) is 7.57. The van der Waals surface area contributed by atoms with Crippen LogP contribution in [0.15, 0.2) is 41.5 Å². The third kappa shape index (κ3) is 6.78. The summed E-state index contributed by atoms with van der Waals surface area (Å²) in [7, 11) is 3.19. The van der Waals surface area contributed by atoms with Crippen molar-refractivity contribution in [1.82, 2.24) is 14.8 Å². The van der Waals surface area contributed by atoms with E-state index in [4.69, 9.17) is 19.3 Å². The van der Waals surface area contributed by atoms with Crippen LogP contribution in [0.5, 0.6) is 11.5 Å². The summed E-state index contributed by atoms with van der Waals surface area (Å²) in [6.07, 6.45) is 0.895. The Labute approximate surface area is 231 Å². The van der Waals surface area contributed by atoms with Crippen LogP contribution >= 0.6 is 0 Å². The lowest BCUT2D eigenvalue weighted by atomic mass is 9.96. The summed E-state index contributed by atoms with van der Waals surface area (Å²) in [5, 5.41) is 6.39. The van der Waals surface area contributed by atoms with Gasteiger partial charge in [0.15, 0.2) is 11.5 Å². The van der Waals surface area contributed by atoms with E-state index in [-0.39, 0.29) is 24.4 Å². The van der Waals surface area contributed by atoms with Gasteiger partial charge >= 0.3 is 0 Å². The van der Waals surface area contributed by atoms with E-state index >= 15 is 0 Å². The Balaban J connectivity index is 1.61. The van der Waals surface area contributed by atoms with Gasteiger partial charge in [0.25, 0.3) is 5.91 Å². The minimum absolute atomic E-state index is 0.0233. The molecule has 39 heavy (non-hydrogen) atoms. The Morgan fingerprint density at radius 1 is 1.03 bits per heavy atom. The van der Waals surface area contributed by atoms with Crippen molar-refractivity contribution in [2.24, 2.45) is 5.10 Å². The molecule has 1 fully saturated rings. The van der Waals surface area contributed by atoms with Crippen LogP contribution in [-0.4, -0.2) is 92.5 Å². The lowest BCUT2D eigenvalue weighted by Gasteiger charge is -2.31. The fourth-order valence-corrected chi connectivity index (χ4v) is 4.99. The van der Waals surface area contributed by atoms with Gasteiger partial charge in [0.05, 0.1) is 39.2 Å². The molecule has 0 radical (unpaired) electrons. The highest BCUT2D eigenvalue weighted by atomic mass is 16.5. The number of hydrazone groups is 1. The van der Waals surface area contributed by atoms with Gasteiger partial charge in [0.2, 0.25) is 5.91 Å². The van der Waals surface area contributed by atoms with Crippen LogP contribution in [-0.2, 0) is 14.3 Å². The molecule has 9 heteroatoms. The van der Waals surface area contributed by atoms with Gasteiger partial charge in [0, 0.05) is 39.0 Å². The van der Waals surface area contributed by atoms with Gasteiger partial charge in [-0.25, -0.2) is 5.01 Å². The second-order valence-electron chi connectivity index (χ2n) is 10.0. The first kappa shape index (κ1) is 28.6.